The molecule has 118 valence electrons. The summed E-state index contributed by atoms with van der Waals surface area (Å²) in [7, 11) is 1.58. The molecule has 1 heterocycles. The number of amides is 1. The molecule has 1 aromatic heterocycles. The van der Waals surface area contributed by atoms with E-state index in [9.17, 15) is 4.79 Å². The molecule has 0 spiro atoms. The maximum atomic E-state index is 12.5. The summed E-state index contributed by atoms with van der Waals surface area (Å²) in [6.45, 7) is 0. The van der Waals surface area contributed by atoms with Crippen molar-refractivity contribution in [3.05, 3.63) is 47.0 Å². The molecule has 7 heteroatoms. The predicted octanol–water partition coefficient (Wildman–Crippen LogP) is 4.93. The SMILES string of the molecule is COc1ccc(Cl)c2sc(NC(=O)c3ccccc3SC)nc12. The van der Waals surface area contributed by atoms with Crippen LogP contribution in [0, 0.1) is 0 Å². The van der Waals surface area contributed by atoms with Gasteiger partial charge in [0.05, 0.1) is 22.4 Å². The van der Waals surface area contributed by atoms with Crippen LogP contribution < -0.4 is 10.1 Å². The second kappa shape index (κ2) is 6.78. The molecule has 0 radical (unpaired) electrons. The number of ether oxygens (including phenoxy) is 1. The molecular weight excluding hydrogens is 352 g/mol. The van der Waals surface area contributed by atoms with Gasteiger partial charge in [-0.25, -0.2) is 4.98 Å². The van der Waals surface area contributed by atoms with Crippen LogP contribution in [0.4, 0.5) is 5.13 Å². The van der Waals surface area contributed by atoms with Crippen molar-refractivity contribution in [1.82, 2.24) is 4.98 Å². The number of thioether (sulfide) groups is 1. The zero-order valence-electron chi connectivity index (χ0n) is 12.4. The van der Waals surface area contributed by atoms with E-state index in [0.717, 1.165) is 9.60 Å². The topological polar surface area (TPSA) is 51.2 Å². The van der Waals surface area contributed by atoms with Gasteiger partial charge in [0.15, 0.2) is 5.13 Å². The Labute approximate surface area is 146 Å². The van der Waals surface area contributed by atoms with E-state index in [2.05, 4.69) is 10.3 Å². The lowest BCUT2D eigenvalue weighted by Crippen LogP contribution is -2.12. The molecule has 0 bridgehead atoms. The van der Waals surface area contributed by atoms with Gasteiger partial charge >= 0.3 is 0 Å². The van der Waals surface area contributed by atoms with Gasteiger partial charge in [-0.1, -0.05) is 35.1 Å². The fourth-order valence-corrected chi connectivity index (χ4v) is 3.91. The van der Waals surface area contributed by atoms with Gasteiger partial charge in [-0.2, -0.15) is 0 Å². The number of anilines is 1. The summed E-state index contributed by atoms with van der Waals surface area (Å²) in [6.07, 6.45) is 1.94. The molecule has 4 nitrogen and oxygen atoms in total. The first-order valence-corrected chi connectivity index (χ1v) is 9.13. The van der Waals surface area contributed by atoms with Gasteiger partial charge in [0.2, 0.25) is 0 Å². The molecule has 1 amide bonds. The maximum absolute atomic E-state index is 12.5. The Morgan fingerprint density at radius 1 is 1.30 bits per heavy atom. The van der Waals surface area contributed by atoms with Crippen LogP contribution in [-0.4, -0.2) is 24.3 Å². The van der Waals surface area contributed by atoms with Crippen molar-refractivity contribution in [2.24, 2.45) is 0 Å². The Balaban J connectivity index is 1.95. The van der Waals surface area contributed by atoms with Gasteiger partial charge < -0.3 is 4.74 Å². The third-order valence-electron chi connectivity index (χ3n) is 3.25. The summed E-state index contributed by atoms with van der Waals surface area (Å²) < 4.78 is 6.08. The first-order chi connectivity index (χ1) is 11.1. The van der Waals surface area contributed by atoms with E-state index in [4.69, 9.17) is 16.3 Å². The standard InChI is InChI=1S/C16H13ClN2O2S2/c1-21-11-8-7-10(17)14-13(11)18-16(23-14)19-15(20)9-5-3-4-6-12(9)22-2/h3-8H,1-2H3,(H,18,19,20). The van der Waals surface area contributed by atoms with Gasteiger partial charge in [-0.3, -0.25) is 10.1 Å². The minimum atomic E-state index is -0.191. The Bertz CT molecular complexity index is 880. The summed E-state index contributed by atoms with van der Waals surface area (Å²) in [6, 6.07) is 11.0. The molecule has 0 aliphatic heterocycles. The van der Waals surface area contributed by atoms with E-state index in [-0.39, 0.29) is 5.91 Å². The molecular formula is C16H13ClN2O2S2. The van der Waals surface area contributed by atoms with E-state index < -0.39 is 0 Å². The molecule has 0 saturated heterocycles. The number of carbonyl (C=O) groups is 1. The van der Waals surface area contributed by atoms with Crippen molar-refractivity contribution in [1.29, 1.82) is 0 Å². The van der Waals surface area contributed by atoms with Gasteiger partial charge in [0.1, 0.15) is 11.3 Å². The lowest BCUT2D eigenvalue weighted by Gasteiger charge is -2.05. The minimum Gasteiger partial charge on any atom is -0.494 e. The number of nitrogens with one attached hydrogen (secondary N) is 1. The number of methoxy groups -OCH3 is 1. The fraction of sp³-hybridized carbons (Fsp3) is 0.125. The Morgan fingerprint density at radius 2 is 2.09 bits per heavy atom. The quantitative estimate of drug-likeness (QED) is 0.667. The normalized spacial score (nSPS) is 10.7. The predicted molar refractivity (Wildman–Crippen MR) is 97.4 cm³/mol. The zero-order chi connectivity index (χ0) is 16.4. The monoisotopic (exact) mass is 364 g/mol. The molecule has 0 aliphatic carbocycles. The molecule has 0 unspecified atom stereocenters. The molecule has 0 aliphatic rings. The lowest BCUT2D eigenvalue weighted by molar-refractivity contribution is 0.102. The minimum absolute atomic E-state index is 0.191. The molecule has 1 N–H and O–H groups in total. The van der Waals surface area contributed by atoms with E-state index in [1.54, 1.807) is 25.3 Å². The van der Waals surface area contributed by atoms with E-state index in [1.165, 1.54) is 23.1 Å². The largest absolute Gasteiger partial charge is 0.494 e. The number of thiazole rings is 1. The Hall–Kier alpha value is -1.76. The van der Waals surface area contributed by atoms with Crippen LogP contribution in [0.3, 0.4) is 0 Å². The van der Waals surface area contributed by atoms with Gasteiger partial charge in [0, 0.05) is 4.90 Å². The van der Waals surface area contributed by atoms with Crippen LogP contribution in [0.15, 0.2) is 41.3 Å². The highest BCUT2D eigenvalue weighted by atomic mass is 35.5. The van der Waals surface area contributed by atoms with Gasteiger partial charge in [-0.15, -0.1) is 11.8 Å². The zero-order valence-corrected chi connectivity index (χ0v) is 14.8. The Morgan fingerprint density at radius 3 is 2.83 bits per heavy atom. The summed E-state index contributed by atoms with van der Waals surface area (Å²) >= 11 is 9.06. The highest BCUT2D eigenvalue weighted by molar-refractivity contribution is 7.98. The fourth-order valence-electron chi connectivity index (χ4n) is 2.17. The van der Waals surface area contributed by atoms with Crippen LogP contribution in [-0.2, 0) is 0 Å². The number of rotatable bonds is 4. The van der Waals surface area contributed by atoms with E-state index in [1.807, 2.05) is 24.5 Å². The van der Waals surface area contributed by atoms with Crippen LogP contribution in [0.2, 0.25) is 5.02 Å². The molecule has 2 aromatic carbocycles. The third kappa shape index (κ3) is 3.15. The number of nitrogens with zero attached hydrogens (tertiary/aromatic N) is 1. The van der Waals surface area contributed by atoms with Crippen molar-refractivity contribution in [2.75, 3.05) is 18.7 Å². The number of halogens is 1. The molecule has 0 fully saturated rings. The maximum Gasteiger partial charge on any atom is 0.258 e. The first-order valence-electron chi connectivity index (χ1n) is 6.71. The average molecular weight is 365 g/mol. The number of carbonyl (C=O) groups excluding carboxylic acids is 1. The summed E-state index contributed by atoms with van der Waals surface area (Å²) in [4.78, 5) is 17.8. The van der Waals surface area contributed by atoms with Crippen molar-refractivity contribution in [3.63, 3.8) is 0 Å². The molecule has 23 heavy (non-hydrogen) atoms. The van der Waals surface area contributed by atoms with Crippen LogP contribution in [0.1, 0.15) is 10.4 Å². The number of aromatic nitrogens is 1. The van der Waals surface area contributed by atoms with Crippen molar-refractivity contribution in [3.8, 4) is 5.75 Å². The van der Waals surface area contributed by atoms with E-state index in [0.29, 0.717) is 27.0 Å². The average Bonchev–Trinajstić information content (AvgIpc) is 2.99. The summed E-state index contributed by atoms with van der Waals surface area (Å²) in [5.74, 6) is 0.440. The van der Waals surface area contributed by atoms with Crippen LogP contribution >= 0.6 is 34.7 Å². The smallest absolute Gasteiger partial charge is 0.258 e. The first kappa shape index (κ1) is 16.1. The summed E-state index contributed by atoms with van der Waals surface area (Å²) in [5, 5.41) is 3.92. The van der Waals surface area contributed by atoms with E-state index >= 15 is 0 Å². The molecule has 0 atom stereocenters. The third-order valence-corrected chi connectivity index (χ3v) is 5.48. The number of hydrogen-bond donors (Lipinski definition) is 1. The van der Waals surface area contributed by atoms with Crippen molar-refractivity contribution >= 4 is 56.0 Å². The van der Waals surface area contributed by atoms with Gasteiger partial charge in [-0.05, 0) is 30.5 Å². The van der Waals surface area contributed by atoms with Crippen molar-refractivity contribution < 1.29 is 9.53 Å². The van der Waals surface area contributed by atoms with Crippen LogP contribution in [0.5, 0.6) is 5.75 Å². The van der Waals surface area contributed by atoms with Gasteiger partial charge in [0.25, 0.3) is 5.91 Å². The number of benzene rings is 2. The second-order valence-electron chi connectivity index (χ2n) is 4.60. The highest BCUT2D eigenvalue weighted by Gasteiger charge is 2.16. The number of hydrogen-bond acceptors (Lipinski definition) is 5. The Kier molecular flexibility index (Phi) is 4.75. The molecule has 0 saturated carbocycles. The van der Waals surface area contributed by atoms with Crippen molar-refractivity contribution in [2.45, 2.75) is 4.90 Å². The lowest BCUT2D eigenvalue weighted by atomic mass is 10.2. The van der Waals surface area contributed by atoms with Crippen LogP contribution in [0.25, 0.3) is 10.2 Å². The summed E-state index contributed by atoms with van der Waals surface area (Å²) in [5.41, 5.74) is 1.27. The second-order valence-corrected chi connectivity index (χ2v) is 6.86. The molecule has 3 aromatic rings. The highest BCUT2D eigenvalue weighted by Crippen LogP contribution is 2.37. The number of fused-ring (bicyclic) bond motifs is 1. The molecule has 3 rings (SSSR count).